The number of hydrogen-bond acceptors (Lipinski definition) is 6. The van der Waals surface area contributed by atoms with E-state index in [1.54, 1.807) is 0 Å². The van der Waals surface area contributed by atoms with Gasteiger partial charge in [-0.2, -0.15) is 0 Å². The van der Waals surface area contributed by atoms with Gasteiger partial charge >= 0.3 is 6.03 Å². The molecule has 54 heavy (non-hydrogen) atoms. The van der Waals surface area contributed by atoms with E-state index in [4.69, 9.17) is 14.2 Å². The average molecular weight is 726 g/mol. The van der Waals surface area contributed by atoms with Crippen molar-refractivity contribution >= 4 is 11.7 Å². The van der Waals surface area contributed by atoms with Crippen molar-refractivity contribution in [2.24, 2.45) is 5.92 Å². The van der Waals surface area contributed by atoms with Crippen LogP contribution in [0, 0.1) is 5.92 Å². The Hall–Kier alpha value is -4.99. The van der Waals surface area contributed by atoms with Crippen LogP contribution in [0.2, 0.25) is 0 Å². The van der Waals surface area contributed by atoms with E-state index in [-0.39, 0.29) is 30.8 Å². The molecule has 2 aliphatic rings. The summed E-state index contributed by atoms with van der Waals surface area (Å²) in [6, 6.07) is 41.4. The van der Waals surface area contributed by atoms with Crippen LogP contribution < -0.4 is 15.4 Å². The second kappa shape index (κ2) is 18.4. The molecule has 3 N–H and O–H groups in total. The molecule has 2 aliphatic heterocycles. The Morgan fingerprint density at radius 2 is 1.41 bits per heavy atom. The summed E-state index contributed by atoms with van der Waals surface area (Å²) in [5.41, 5.74) is 6.78. The fourth-order valence-corrected chi connectivity index (χ4v) is 7.36. The second-order valence-electron chi connectivity index (χ2n) is 14.5. The molecule has 8 nitrogen and oxygen atoms in total. The van der Waals surface area contributed by atoms with Gasteiger partial charge in [-0.1, -0.05) is 111 Å². The van der Waals surface area contributed by atoms with Gasteiger partial charge in [-0.05, 0) is 96.2 Å². The lowest BCUT2D eigenvalue weighted by atomic mass is 9.89. The normalized spacial score (nSPS) is 20.7. The molecule has 0 bridgehead atoms. The van der Waals surface area contributed by atoms with E-state index in [9.17, 15) is 9.90 Å². The summed E-state index contributed by atoms with van der Waals surface area (Å²) >= 11 is 0. The Balaban J connectivity index is 0.985. The minimum Gasteiger partial charge on any atom is -0.457 e. The van der Waals surface area contributed by atoms with Crippen LogP contribution in [0.4, 0.5) is 10.5 Å². The van der Waals surface area contributed by atoms with Crippen molar-refractivity contribution in [1.29, 1.82) is 0 Å². The molecule has 4 atom stereocenters. The summed E-state index contributed by atoms with van der Waals surface area (Å²) in [5, 5.41) is 15.5. The van der Waals surface area contributed by atoms with Gasteiger partial charge < -0.3 is 34.9 Å². The Kier molecular flexibility index (Phi) is 12.7. The predicted octanol–water partition coefficient (Wildman–Crippen LogP) is 10.0. The number of hydrogen-bond donors (Lipinski definition) is 3. The van der Waals surface area contributed by atoms with Crippen LogP contribution in [-0.4, -0.2) is 41.8 Å². The zero-order valence-electron chi connectivity index (χ0n) is 31.0. The zero-order chi connectivity index (χ0) is 37.1. The summed E-state index contributed by atoms with van der Waals surface area (Å²) in [5.74, 6) is 1.61. The summed E-state index contributed by atoms with van der Waals surface area (Å²) in [7, 11) is 0. The molecule has 5 aromatic carbocycles. The standard InChI is InChI=1S/C46H51N3O5/c1-33-43(31-49-27-8-3-2-4-9-28-49)53-45(54-44(33)37-17-15-34(32-50)16-18-37)38-21-19-36(20-22-38)39-12-10-11-35(29-39)30-47-46(51)48-40-23-25-42(26-24-40)52-41-13-6-5-7-14-41/h5-7,10-26,29,33,43-45,50H,2-4,8-9,27-28,30-32H2,1H3,(H2,47,48,51)/t33-,43+,44+,45+/m1/s1. The van der Waals surface area contributed by atoms with Crippen LogP contribution in [0.25, 0.3) is 11.1 Å². The lowest BCUT2D eigenvalue weighted by molar-refractivity contribution is -0.276. The maximum Gasteiger partial charge on any atom is 0.319 e. The number of para-hydroxylation sites is 1. The molecule has 0 saturated carbocycles. The molecule has 2 heterocycles. The van der Waals surface area contributed by atoms with Crippen molar-refractivity contribution in [3.05, 3.63) is 150 Å². The quantitative estimate of drug-likeness (QED) is 0.126. The van der Waals surface area contributed by atoms with Crippen LogP contribution >= 0.6 is 0 Å². The molecule has 0 unspecified atom stereocenters. The van der Waals surface area contributed by atoms with E-state index in [1.165, 1.54) is 32.1 Å². The number of nitrogens with zero attached hydrogens (tertiary/aromatic N) is 1. The van der Waals surface area contributed by atoms with Gasteiger partial charge in [0.2, 0.25) is 0 Å². The van der Waals surface area contributed by atoms with Gasteiger partial charge in [0.1, 0.15) is 11.5 Å². The highest BCUT2D eigenvalue weighted by atomic mass is 16.7. The van der Waals surface area contributed by atoms with Crippen molar-refractivity contribution < 1.29 is 24.1 Å². The molecule has 2 fully saturated rings. The Bertz CT molecular complexity index is 1910. The largest absolute Gasteiger partial charge is 0.457 e. The number of carbonyl (C=O) groups excluding carboxylic acids is 1. The third-order valence-corrected chi connectivity index (χ3v) is 10.5. The SMILES string of the molecule is C[C@@H]1[C@H](CN2CCCCCCC2)O[C@H](c2ccc(-c3cccc(CNC(=O)Nc4ccc(Oc5ccccc5)cc4)c3)cc2)O[C@@H]1c1ccc(CO)cc1. The number of amides is 2. The first kappa shape index (κ1) is 37.3. The van der Waals surface area contributed by atoms with Gasteiger partial charge in [-0.3, -0.25) is 0 Å². The highest BCUT2D eigenvalue weighted by Crippen LogP contribution is 2.42. The fraction of sp³-hybridized carbons (Fsp3) is 0.326. The second-order valence-corrected chi connectivity index (χ2v) is 14.5. The number of aliphatic hydroxyl groups excluding tert-OH is 1. The highest BCUT2D eigenvalue weighted by Gasteiger charge is 2.39. The number of aliphatic hydroxyl groups is 1. The average Bonchev–Trinajstić information content (AvgIpc) is 3.20. The predicted molar refractivity (Wildman–Crippen MR) is 213 cm³/mol. The van der Waals surface area contributed by atoms with Gasteiger partial charge in [-0.15, -0.1) is 0 Å². The first-order valence-electron chi connectivity index (χ1n) is 19.3. The first-order valence-corrected chi connectivity index (χ1v) is 19.3. The smallest absolute Gasteiger partial charge is 0.319 e. The van der Waals surface area contributed by atoms with E-state index < -0.39 is 6.29 Å². The molecule has 0 aliphatic carbocycles. The maximum absolute atomic E-state index is 12.7. The molecule has 2 saturated heterocycles. The zero-order valence-corrected chi connectivity index (χ0v) is 31.0. The monoisotopic (exact) mass is 725 g/mol. The Labute approximate surface area is 319 Å². The van der Waals surface area contributed by atoms with Crippen molar-refractivity contribution in [3.63, 3.8) is 0 Å². The number of rotatable bonds is 11. The number of ether oxygens (including phenoxy) is 3. The molecule has 5 aromatic rings. The Morgan fingerprint density at radius 3 is 2.13 bits per heavy atom. The van der Waals surface area contributed by atoms with Crippen LogP contribution in [0.15, 0.2) is 127 Å². The topological polar surface area (TPSA) is 92.3 Å². The molecular weight excluding hydrogens is 675 g/mol. The molecular formula is C46H51N3O5. The first-order chi connectivity index (χ1) is 26.5. The van der Waals surface area contributed by atoms with Crippen molar-refractivity contribution in [3.8, 4) is 22.6 Å². The maximum atomic E-state index is 12.7. The molecule has 7 rings (SSSR count). The van der Waals surface area contributed by atoms with Crippen molar-refractivity contribution in [2.75, 3.05) is 25.0 Å². The lowest BCUT2D eigenvalue weighted by Crippen LogP contribution is -2.45. The summed E-state index contributed by atoms with van der Waals surface area (Å²) in [6.45, 7) is 5.76. The number of nitrogens with one attached hydrogen (secondary N) is 2. The lowest BCUT2D eigenvalue weighted by Gasteiger charge is -2.43. The number of likely N-dealkylation sites (tertiary alicyclic amines) is 1. The van der Waals surface area contributed by atoms with Crippen LogP contribution in [0.3, 0.4) is 0 Å². The van der Waals surface area contributed by atoms with Gasteiger partial charge in [0.25, 0.3) is 0 Å². The minimum atomic E-state index is -0.501. The van der Waals surface area contributed by atoms with Gasteiger partial charge in [-0.25, -0.2) is 4.79 Å². The number of urea groups is 1. The highest BCUT2D eigenvalue weighted by molar-refractivity contribution is 5.89. The van der Waals surface area contributed by atoms with E-state index in [0.29, 0.717) is 18.0 Å². The minimum absolute atomic E-state index is 0.0137. The number of benzene rings is 5. The van der Waals surface area contributed by atoms with Crippen LogP contribution in [0.5, 0.6) is 11.5 Å². The summed E-state index contributed by atoms with van der Waals surface area (Å²) < 4.78 is 19.4. The number of carbonyl (C=O) groups is 1. The Morgan fingerprint density at radius 1 is 0.722 bits per heavy atom. The summed E-state index contributed by atoms with van der Waals surface area (Å²) in [4.78, 5) is 15.3. The van der Waals surface area contributed by atoms with Gasteiger partial charge in [0.05, 0.1) is 18.8 Å². The van der Waals surface area contributed by atoms with Gasteiger partial charge in [0, 0.05) is 30.3 Å². The van der Waals surface area contributed by atoms with Crippen LogP contribution in [-0.2, 0) is 22.6 Å². The fourth-order valence-electron chi connectivity index (χ4n) is 7.36. The van der Waals surface area contributed by atoms with E-state index >= 15 is 0 Å². The molecule has 280 valence electrons. The number of anilines is 1. The van der Waals surface area contributed by atoms with Gasteiger partial charge in [0.15, 0.2) is 6.29 Å². The molecule has 0 radical (unpaired) electrons. The molecule has 0 aromatic heterocycles. The summed E-state index contributed by atoms with van der Waals surface area (Å²) in [6.07, 6.45) is 5.78. The third kappa shape index (κ3) is 9.95. The van der Waals surface area contributed by atoms with Crippen LogP contribution in [0.1, 0.15) is 73.7 Å². The third-order valence-electron chi connectivity index (χ3n) is 10.5. The van der Waals surface area contributed by atoms with Crippen molar-refractivity contribution in [2.45, 2.75) is 70.7 Å². The molecule has 0 spiro atoms. The molecule has 2 amide bonds. The van der Waals surface area contributed by atoms with E-state index in [1.807, 2.05) is 78.9 Å². The van der Waals surface area contributed by atoms with E-state index in [0.717, 1.165) is 58.8 Å². The van der Waals surface area contributed by atoms with Crippen molar-refractivity contribution in [1.82, 2.24) is 10.2 Å². The molecule has 8 heteroatoms. The van der Waals surface area contributed by atoms with E-state index in [2.05, 4.69) is 71.0 Å².